The van der Waals surface area contributed by atoms with Crippen LogP contribution in [0.3, 0.4) is 0 Å². The van der Waals surface area contributed by atoms with E-state index in [9.17, 15) is 0 Å². The van der Waals surface area contributed by atoms with E-state index >= 15 is 0 Å². The number of hydrogen-bond acceptors (Lipinski definition) is 2. The van der Waals surface area contributed by atoms with E-state index in [1.807, 2.05) is 12.1 Å². The monoisotopic (exact) mass is 713 g/mol. The zero-order valence-corrected chi connectivity index (χ0v) is 30.6. The van der Waals surface area contributed by atoms with E-state index in [-0.39, 0.29) is 0 Å². The third-order valence-corrected chi connectivity index (χ3v) is 11.2. The van der Waals surface area contributed by atoms with Gasteiger partial charge in [0.05, 0.1) is 0 Å². The Morgan fingerprint density at radius 3 is 1.59 bits per heavy atom. The lowest BCUT2D eigenvalue weighted by atomic mass is 9.85. The second-order valence-electron chi connectivity index (χ2n) is 14.4. The molecule has 0 aliphatic carbocycles. The summed E-state index contributed by atoms with van der Waals surface area (Å²) in [6, 6.07) is 76.5. The number of furan rings is 1. The summed E-state index contributed by atoms with van der Waals surface area (Å²) in [6.45, 7) is 0. The summed E-state index contributed by atoms with van der Waals surface area (Å²) in [5.41, 5.74) is 12.1. The van der Waals surface area contributed by atoms with Crippen LogP contribution in [0.5, 0.6) is 0 Å². The molecule has 10 aromatic carbocycles. The van der Waals surface area contributed by atoms with Crippen molar-refractivity contribution in [1.29, 1.82) is 0 Å². The molecule has 2 nitrogen and oxygen atoms in total. The van der Waals surface area contributed by atoms with Gasteiger partial charge in [0, 0.05) is 33.9 Å². The summed E-state index contributed by atoms with van der Waals surface area (Å²) in [5, 5.41) is 9.71. The highest BCUT2D eigenvalue weighted by atomic mass is 16.3. The third kappa shape index (κ3) is 5.26. The Bertz CT molecular complexity index is 3240. The minimum atomic E-state index is 0.865. The van der Waals surface area contributed by atoms with Gasteiger partial charge in [0.15, 0.2) is 0 Å². The smallest absolute Gasteiger partial charge is 0.137 e. The lowest BCUT2D eigenvalue weighted by Crippen LogP contribution is -2.10. The summed E-state index contributed by atoms with van der Waals surface area (Å²) >= 11 is 0. The average Bonchev–Trinajstić information content (AvgIpc) is 3.64. The molecule has 56 heavy (non-hydrogen) atoms. The van der Waals surface area contributed by atoms with Crippen LogP contribution in [0.4, 0.5) is 17.1 Å². The van der Waals surface area contributed by atoms with Crippen molar-refractivity contribution < 1.29 is 4.42 Å². The number of rotatable bonds is 6. The van der Waals surface area contributed by atoms with Gasteiger partial charge in [-0.2, -0.15) is 0 Å². The summed E-state index contributed by atoms with van der Waals surface area (Å²) in [6.07, 6.45) is 0. The van der Waals surface area contributed by atoms with Crippen LogP contribution in [0.25, 0.3) is 87.6 Å². The number of hydrogen-bond donors (Lipinski definition) is 0. The van der Waals surface area contributed by atoms with E-state index in [0.29, 0.717) is 0 Å². The molecular weight excluding hydrogens is 679 g/mol. The Morgan fingerprint density at radius 1 is 0.286 bits per heavy atom. The highest BCUT2D eigenvalue weighted by molar-refractivity contribution is 6.21. The van der Waals surface area contributed by atoms with E-state index in [2.05, 4.69) is 205 Å². The highest BCUT2D eigenvalue weighted by Gasteiger charge is 2.20. The molecule has 1 heterocycles. The standard InChI is InChI=1S/C54H35NO/c1-2-15-38(16-3-1)53-49-24-8-6-21-45(49)46-22-7-9-25-50(46)54(53)39-18-12-19-41(34-39)55(42-32-33-48-47-23-10-11-27-51(47)56-52(48)35-42)40-30-28-37(29-31-40)44-26-13-17-36-14-4-5-20-43(36)44/h1-35H. The van der Waals surface area contributed by atoms with Crippen LogP contribution in [0, 0.1) is 0 Å². The first-order chi connectivity index (χ1) is 27.8. The van der Waals surface area contributed by atoms with Crippen LogP contribution in [0.2, 0.25) is 0 Å². The first kappa shape index (κ1) is 32.0. The predicted molar refractivity (Wildman–Crippen MR) is 237 cm³/mol. The summed E-state index contributed by atoms with van der Waals surface area (Å²) in [7, 11) is 0. The molecule has 0 bridgehead atoms. The molecule has 0 saturated heterocycles. The predicted octanol–water partition coefficient (Wildman–Crippen LogP) is 15.5. The van der Waals surface area contributed by atoms with Crippen LogP contribution >= 0.6 is 0 Å². The van der Waals surface area contributed by atoms with Gasteiger partial charge in [-0.15, -0.1) is 0 Å². The third-order valence-electron chi connectivity index (χ3n) is 11.2. The van der Waals surface area contributed by atoms with Crippen LogP contribution < -0.4 is 4.90 Å². The lowest BCUT2D eigenvalue weighted by molar-refractivity contribution is 0.669. The fraction of sp³-hybridized carbons (Fsp3) is 0. The van der Waals surface area contributed by atoms with Crippen LogP contribution in [0.1, 0.15) is 0 Å². The van der Waals surface area contributed by atoms with E-state index < -0.39 is 0 Å². The Kier molecular flexibility index (Phi) is 7.53. The number of anilines is 3. The Hall–Kier alpha value is -7.42. The van der Waals surface area contributed by atoms with Gasteiger partial charge in [0.2, 0.25) is 0 Å². The molecular formula is C54H35NO. The summed E-state index contributed by atoms with van der Waals surface area (Å²) in [4.78, 5) is 2.36. The maximum Gasteiger partial charge on any atom is 0.137 e. The van der Waals surface area contributed by atoms with E-state index in [4.69, 9.17) is 4.42 Å². The minimum absolute atomic E-state index is 0.865. The first-order valence-electron chi connectivity index (χ1n) is 19.2. The van der Waals surface area contributed by atoms with Gasteiger partial charge in [-0.25, -0.2) is 0 Å². The second kappa shape index (κ2) is 13.2. The van der Waals surface area contributed by atoms with Gasteiger partial charge in [-0.1, -0.05) is 164 Å². The molecule has 0 saturated carbocycles. The van der Waals surface area contributed by atoms with Crippen molar-refractivity contribution in [2.75, 3.05) is 4.90 Å². The van der Waals surface area contributed by atoms with Crippen molar-refractivity contribution in [3.63, 3.8) is 0 Å². The molecule has 0 amide bonds. The van der Waals surface area contributed by atoms with Crippen molar-refractivity contribution in [2.45, 2.75) is 0 Å². The van der Waals surface area contributed by atoms with Gasteiger partial charge in [-0.05, 0) is 108 Å². The molecule has 0 spiro atoms. The average molecular weight is 714 g/mol. The molecule has 11 aromatic rings. The van der Waals surface area contributed by atoms with Gasteiger partial charge >= 0.3 is 0 Å². The van der Waals surface area contributed by atoms with E-state index in [0.717, 1.165) is 44.6 Å². The molecule has 11 rings (SSSR count). The molecule has 0 N–H and O–H groups in total. The molecule has 0 aliphatic heterocycles. The first-order valence-corrected chi connectivity index (χ1v) is 19.2. The maximum atomic E-state index is 6.45. The van der Waals surface area contributed by atoms with Crippen molar-refractivity contribution in [3.05, 3.63) is 212 Å². The zero-order chi connectivity index (χ0) is 37.0. The quantitative estimate of drug-likeness (QED) is 0.160. The van der Waals surface area contributed by atoms with Crippen molar-refractivity contribution >= 4 is 71.3 Å². The molecule has 2 heteroatoms. The van der Waals surface area contributed by atoms with Crippen LogP contribution in [-0.2, 0) is 0 Å². The van der Waals surface area contributed by atoms with Gasteiger partial charge in [0.1, 0.15) is 11.2 Å². The molecule has 1 aromatic heterocycles. The SMILES string of the molecule is c1ccc(-c2c(-c3cccc(N(c4ccc(-c5cccc6ccccc56)cc4)c4ccc5c(c4)oc4ccccc45)c3)c3ccccc3c3ccccc23)cc1. The van der Waals surface area contributed by atoms with Crippen molar-refractivity contribution in [3.8, 4) is 33.4 Å². The fourth-order valence-electron chi connectivity index (χ4n) is 8.71. The molecule has 0 atom stereocenters. The largest absolute Gasteiger partial charge is 0.456 e. The maximum absolute atomic E-state index is 6.45. The second-order valence-corrected chi connectivity index (χ2v) is 14.4. The molecule has 0 radical (unpaired) electrons. The number of benzene rings is 10. The molecule has 262 valence electrons. The van der Waals surface area contributed by atoms with Crippen LogP contribution in [0.15, 0.2) is 217 Å². The van der Waals surface area contributed by atoms with Gasteiger partial charge < -0.3 is 9.32 Å². The van der Waals surface area contributed by atoms with Gasteiger partial charge in [0.25, 0.3) is 0 Å². The zero-order valence-electron chi connectivity index (χ0n) is 30.6. The number of nitrogens with zero attached hydrogens (tertiary/aromatic N) is 1. The Labute approximate surface area is 325 Å². The Morgan fingerprint density at radius 2 is 0.821 bits per heavy atom. The van der Waals surface area contributed by atoms with E-state index in [1.54, 1.807) is 0 Å². The molecule has 0 fully saturated rings. The fourth-order valence-corrected chi connectivity index (χ4v) is 8.71. The number of para-hydroxylation sites is 1. The summed E-state index contributed by atoms with van der Waals surface area (Å²) < 4.78 is 6.45. The van der Waals surface area contributed by atoms with Gasteiger partial charge in [-0.3, -0.25) is 0 Å². The topological polar surface area (TPSA) is 16.4 Å². The lowest BCUT2D eigenvalue weighted by Gasteiger charge is -2.27. The Balaban J connectivity index is 1.13. The highest BCUT2D eigenvalue weighted by Crippen LogP contribution is 2.47. The van der Waals surface area contributed by atoms with Crippen LogP contribution in [-0.4, -0.2) is 0 Å². The number of fused-ring (bicyclic) bond motifs is 7. The summed E-state index contributed by atoms with van der Waals surface area (Å²) in [5.74, 6) is 0. The minimum Gasteiger partial charge on any atom is -0.456 e. The molecule has 0 unspecified atom stereocenters. The molecule has 0 aliphatic rings. The van der Waals surface area contributed by atoms with E-state index in [1.165, 1.54) is 60.1 Å². The van der Waals surface area contributed by atoms with Crippen molar-refractivity contribution in [2.24, 2.45) is 0 Å². The normalized spacial score (nSPS) is 11.6. The van der Waals surface area contributed by atoms with Crippen molar-refractivity contribution in [1.82, 2.24) is 0 Å².